The summed E-state index contributed by atoms with van der Waals surface area (Å²) >= 11 is 0. The Morgan fingerprint density at radius 3 is 2.39 bits per heavy atom. The predicted octanol–water partition coefficient (Wildman–Crippen LogP) is 2.52. The zero-order valence-electron chi connectivity index (χ0n) is 12.2. The first-order valence-corrected chi connectivity index (χ1v) is 8.60. The third-order valence-electron chi connectivity index (χ3n) is 3.70. The van der Waals surface area contributed by atoms with E-state index in [9.17, 15) is 18.3 Å². The molecule has 2 N–H and O–H groups in total. The fourth-order valence-electron chi connectivity index (χ4n) is 2.55. The Labute approximate surface area is 134 Å². The van der Waals surface area contributed by atoms with Crippen molar-refractivity contribution in [3.8, 4) is 0 Å². The van der Waals surface area contributed by atoms with E-state index >= 15 is 0 Å². The highest BCUT2D eigenvalue weighted by Crippen LogP contribution is 2.27. The first-order valence-electron chi connectivity index (χ1n) is 7.11. The number of hydrogen-bond acceptors (Lipinski definition) is 4. The van der Waals surface area contributed by atoms with E-state index in [0.29, 0.717) is 5.56 Å². The molecule has 0 bridgehead atoms. The van der Waals surface area contributed by atoms with Gasteiger partial charge >= 0.3 is 0 Å². The quantitative estimate of drug-likeness (QED) is 0.622. The Morgan fingerprint density at radius 2 is 1.65 bits per heavy atom. The molecule has 0 amide bonds. The Hall–Kier alpha value is -2.44. The van der Waals surface area contributed by atoms with Crippen LogP contribution in [0.3, 0.4) is 0 Å². The van der Waals surface area contributed by atoms with Gasteiger partial charge in [-0.25, -0.2) is 13.1 Å². The average molecular weight is 329 g/mol. The molecule has 118 valence electrons. The molecule has 0 aliphatic carbocycles. The van der Waals surface area contributed by atoms with E-state index in [1.807, 2.05) is 6.07 Å². The van der Waals surface area contributed by atoms with Crippen LogP contribution in [0.25, 0.3) is 5.76 Å². The molecule has 5 nitrogen and oxygen atoms in total. The van der Waals surface area contributed by atoms with Gasteiger partial charge in [0.05, 0.1) is 4.90 Å². The van der Waals surface area contributed by atoms with Crippen LogP contribution in [0.2, 0.25) is 0 Å². The smallest absolute Gasteiger partial charge is 0.241 e. The highest BCUT2D eigenvalue weighted by atomic mass is 32.2. The maximum Gasteiger partial charge on any atom is 0.241 e. The number of Topliss-reactive ketones (excluding diaryl/α,β-unsaturated/α-hetero) is 1. The maximum absolute atomic E-state index is 12.8. The standard InChI is InChI=1S/C17H15NO4S/c19-16(12-6-2-1-3-7-12)14-10-11-18-23(21,22)15-9-5-4-8-13(15)17(14)20/h1-9,18-19H,10-11H2/b16-14-. The molecule has 0 unspecified atom stereocenters. The third-order valence-corrected chi connectivity index (χ3v) is 5.21. The Morgan fingerprint density at radius 1 is 1.00 bits per heavy atom. The summed E-state index contributed by atoms with van der Waals surface area (Å²) in [4.78, 5) is 12.7. The number of aliphatic hydroxyl groups is 1. The van der Waals surface area contributed by atoms with Crippen molar-refractivity contribution in [3.05, 3.63) is 71.3 Å². The lowest BCUT2D eigenvalue weighted by Gasteiger charge is -2.17. The number of aliphatic hydroxyl groups excluding tert-OH is 1. The number of sulfonamides is 1. The summed E-state index contributed by atoms with van der Waals surface area (Å²) in [6.07, 6.45) is 0.118. The summed E-state index contributed by atoms with van der Waals surface area (Å²) in [5.41, 5.74) is 0.792. The van der Waals surface area contributed by atoms with E-state index in [0.717, 1.165) is 0 Å². The van der Waals surface area contributed by atoms with Crippen molar-refractivity contribution in [2.24, 2.45) is 0 Å². The maximum atomic E-state index is 12.8. The number of fused-ring (bicyclic) bond motifs is 1. The van der Waals surface area contributed by atoms with Crippen molar-refractivity contribution in [1.29, 1.82) is 0 Å². The van der Waals surface area contributed by atoms with Crippen molar-refractivity contribution >= 4 is 21.6 Å². The van der Waals surface area contributed by atoms with Gasteiger partial charge in [0.25, 0.3) is 0 Å². The van der Waals surface area contributed by atoms with Crippen LogP contribution in [0.5, 0.6) is 0 Å². The molecule has 23 heavy (non-hydrogen) atoms. The van der Waals surface area contributed by atoms with Crippen LogP contribution < -0.4 is 4.72 Å². The molecular weight excluding hydrogens is 314 g/mol. The van der Waals surface area contributed by atoms with Crippen molar-refractivity contribution in [3.63, 3.8) is 0 Å². The fourth-order valence-corrected chi connectivity index (χ4v) is 3.78. The van der Waals surface area contributed by atoms with Crippen LogP contribution in [-0.2, 0) is 10.0 Å². The van der Waals surface area contributed by atoms with Gasteiger partial charge in [-0.1, -0.05) is 42.5 Å². The number of carbonyl (C=O) groups is 1. The molecule has 2 aromatic carbocycles. The third kappa shape index (κ3) is 2.91. The average Bonchev–Trinajstić information content (AvgIpc) is 2.57. The van der Waals surface area contributed by atoms with E-state index in [2.05, 4.69) is 4.72 Å². The Kier molecular flexibility index (Phi) is 4.02. The number of hydrogen-bond donors (Lipinski definition) is 2. The molecule has 0 spiro atoms. The highest BCUT2D eigenvalue weighted by Gasteiger charge is 2.28. The van der Waals surface area contributed by atoms with Crippen LogP contribution in [0, 0.1) is 0 Å². The molecule has 0 saturated carbocycles. The minimum Gasteiger partial charge on any atom is -0.507 e. The highest BCUT2D eigenvalue weighted by molar-refractivity contribution is 7.89. The van der Waals surface area contributed by atoms with E-state index in [1.54, 1.807) is 36.4 Å². The van der Waals surface area contributed by atoms with Gasteiger partial charge in [-0.15, -0.1) is 0 Å². The molecule has 1 aliphatic rings. The van der Waals surface area contributed by atoms with Gasteiger partial charge in [-0.05, 0) is 18.6 Å². The molecule has 6 heteroatoms. The second-order valence-corrected chi connectivity index (χ2v) is 6.90. The monoisotopic (exact) mass is 329 g/mol. The molecule has 1 heterocycles. The molecule has 0 atom stereocenters. The van der Waals surface area contributed by atoms with Gasteiger partial charge in [0.1, 0.15) is 5.76 Å². The molecule has 0 aromatic heterocycles. The summed E-state index contributed by atoms with van der Waals surface area (Å²) < 4.78 is 26.8. The van der Waals surface area contributed by atoms with Crippen LogP contribution >= 0.6 is 0 Å². The molecular formula is C17H15NO4S. The topological polar surface area (TPSA) is 83.5 Å². The van der Waals surface area contributed by atoms with Gasteiger partial charge in [-0.2, -0.15) is 0 Å². The van der Waals surface area contributed by atoms with Gasteiger partial charge in [0.2, 0.25) is 10.0 Å². The van der Waals surface area contributed by atoms with Gasteiger partial charge in [-0.3, -0.25) is 4.79 Å². The number of carbonyl (C=O) groups excluding carboxylic acids is 1. The largest absolute Gasteiger partial charge is 0.507 e. The molecule has 0 radical (unpaired) electrons. The second kappa shape index (κ2) is 5.98. The van der Waals surface area contributed by atoms with Gasteiger partial charge < -0.3 is 5.11 Å². The van der Waals surface area contributed by atoms with Gasteiger partial charge in [0.15, 0.2) is 5.78 Å². The number of rotatable bonds is 1. The van der Waals surface area contributed by atoms with E-state index < -0.39 is 15.8 Å². The molecule has 1 aliphatic heterocycles. The lowest BCUT2D eigenvalue weighted by molar-refractivity contribution is 0.102. The first kappa shape index (κ1) is 15.5. The van der Waals surface area contributed by atoms with Crippen molar-refractivity contribution in [2.45, 2.75) is 11.3 Å². The van der Waals surface area contributed by atoms with E-state index in [4.69, 9.17) is 0 Å². The van der Waals surface area contributed by atoms with E-state index in [-0.39, 0.29) is 34.8 Å². The number of nitrogens with one attached hydrogen (secondary N) is 1. The Balaban J connectivity index is 2.18. The van der Waals surface area contributed by atoms with Crippen molar-refractivity contribution in [2.75, 3.05) is 6.54 Å². The molecule has 0 saturated heterocycles. The Bertz CT molecular complexity index is 886. The first-order chi connectivity index (χ1) is 11.0. The summed E-state index contributed by atoms with van der Waals surface area (Å²) in [7, 11) is -3.72. The van der Waals surface area contributed by atoms with Crippen LogP contribution in [0.4, 0.5) is 0 Å². The fraction of sp³-hybridized carbons (Fsp3) is 0.118. The van der Waals surface area contributed by atoms with Crippen molar-refractivity contribution < 1.29 is 18.3 Å². The van der Waals surface area contributed by atoms with E-state index in [1.165, 1.54) is 12.1 Å². The van der Waals surface area contributed by atoms with Crippen LogP contribution in [0.1, 0.15) is 22.3 Å². The SMILES string of the molecule is O=C1/C(=C(\O)c2ccccc2)CCNS(=O)(=O)c2ccccc21. The lowest BCUT2D eigenvalue weighted by Crippen LogP contribution is -2.30. The number of ketones is 1. The minimum absolute atomic E-state index is 0.0502. The summed E-state index contributed by atoms with van der Waals surface area (Å²) in [5.74, 6) is -0.585. The van der Waals surface area contributed by atoms with Gasteiger partial charge in [0, 0.05) is 23.2 Å². The zero-order chi connectivity index (χ0) is 16.4. The normalized spacial score (nSPS) is 19.4. The van der Waals surface area contributed by atoms with Crippen LogP contribution in [-0.4, -0.2) is 25.9 Å². The molecule has 3 rings (SSSR count). The summed E-state index contributed by atoms with van der Waals surface area (Å²) in [6, 6.07) is 14.7. The van der Waals surface area contributed by atoms with Crippen LogP contribution in [0.15, 0.2) is 65.1 Å². The lowest BCUT2D eigenvalue weighted by atomic mass is 9.97. The molecule has 0 fully saturated rings. The molecule has 2 aromatic rings. The summed E-state index contributed by atoms with van der Waals surface area (Å²) in [6.45, 7) is 0.0502. The van der Waals surface area contributed by atoms with Crippen molar-refractivity contribution in [1.82, 2.24) is 4.72 Å². The zero-order valence-corrected chi connectivity index (χ0v) is 13.0. The predicted molar refractivity (Wildman–Crippen MR) is 86.6 cm³/mol. The number of benzene rings is 2. The summed E-state index contributed by atoms with van der Waals surface area (Å²) in [5, 5.41) is 10.5. The minimum atomic E-state index is -3.72. The second-order valence-electron chi connectivity index (χ2n) is 5.17.